The van der Waals surface area contributed by atoms with Crippen molar-refractivity contribution in [3.8, 4) is 0 Å². The van der Waals surface area contributed by atoms with E-state index in [1.807, 2.05) is 17.9 Å². The molecular weight excluding hydrogens is 414 g/mol. The summed E-state index contributed by atoms with van der Waals surface area (Å²) in [6.07, 6.45) is 4.97. The third kappa shape index (κ3) is 4.24. The van der Waals surface area contributed by atoms with E-state index in [1.165, 1.54) is 11.1 Å². The average Bonchev–Trinajstić information content (AvgIpc) is 3.17. The number of carbonyl (C=O) groups excluding carboxylic acids is 1. The van der Waals surface area contributed by atoms with Gasteiger partial charge in [0.05, 0.1) is 11.7 Å². The normalized spacial score (nSPS) is 18.3. The zero-order valence-electron chi connectivity index (χ0n) is 19.7. The van der Waals surface area contributed by atoms with Gasteiger partial charge in [-0.25, -0.2) is 15.0 Å². The average molecular weight is 446 g/mol. The molecule has 33 heavy (non-hydrogen) atoms. The molecule has 7 nitrogen and oxygen atoms in total. The number of anilines is 1. The minimum atomic E-state index is -0.152. The number of aromatic nitrogens is 3. The van der Waals surface area contributed by atoms with Crippen molar-refractivity contribution in [3.05, 3.63) is 70.3 Å². The van der Waals surface area contributed by atoms with Gasteiger partial charge in [0, 0.05) is 37.8 Å². The molecule has 0 N–H and O–H groups in total. The number of amides is 1. The summed E-state index contributed by atoms with van der Waals surface area (Å²) in [7, 11) is 0. The van der Waals surface area contributed by atoms with Crippen molar-refractivity contribution in [2.45, 2.75) is 65.5 Å². The van der Waals surface area contributed by atoms with E-state index in [-0.39, 0.29) is 11.9 Å². The molecule has 1 amide bonds. The van der Waals surface area contributed by atoms with Crippen molar-refractivity contribution in [2.24, 2.45) is 0 Å². The molecule has 0 unspecified atom stereocenters. The number of hydrogen-bond donors (Lipinski definition) is 0. The second-order valence-corrected chi connectivity index (χ2v) is 9.14. The van der Waals surface area contributed by atoms with Crippen LogP contribution >= 0.6 is 0 Å². The summed E-state index contributed by atoms with van der Waals surface area (Å²) in [6.45, 7) is 8.15. The highest BCUT2D eigenvalue weighted by Gasteiger charge is 2.34. The smallest absolute Gasteiger partial charge is 0.292 e. The van der Waals surface area contributed by atoms with Gasteiger partial charge in [-0.3, -0.25) is 4.79 Å². The summed E-state index contributed by atoms with van der Waals surface area (Å²) >= 11 is 0. The van der Waals surface area contributed by atoms with Crippen LogP contribution in [0.5, 0.6) is 0 Å². The molecule has 1 fully saturated rings. The lowest BCUT2D eigenvalue weighted by atomic mass is 9.99. The van der Waals surface area contributed by atoms with Crippen LogP contribution in [0.1, 0.15) is 76.5 Å². The Bertz CT molecular complexity index is 1160. The maximum atomic E-state index is 13.4. The van der Waals surface area contributed by atoms with Crippen LogP contribution in [-0.2, 0) is 13.0 Å². The topological polar surface area (TPSA) is 75.4 Å². The van der Waals surface area contributed by atoms with Gasteiger partial charge in [0.2, 0.25) is 5.76 Å². The molecule has 1 atom stereocenters. The van der Waals surface area contributed by atoms with E-state index in [1.54, 1.807) is 6.92 Å². The minimum absolute atomic E-state index is 0.113. The Kier molecular flexibility index (Phi) is 5.87. The molecule has 0 spiro atoms. The number of piperidine rings is 1. The third-order valence-corrected chi connectivity index (χ3v) is 6.74. The number of benzene rings is 1. The number of carbonyl (C=O) groups is 1. The Morgan fingerprint density at radius 2 is 1.82 bits per heavy atom. The van der Waals surface area contributed by atoms with Crippen molar-refractivity contribution < 1.29 is 9.21 Å². The zero-order chi connectivity index (χ0) is 22.9. The quantitative estimate of drug-likeness (QED) is 0.579. The van der Waals surface area contributed by atoms with Gasteiger partial charge in [-0.15, -0.1) is 0 Å². The fourth-order valence-electron chi connectivity index (χ4n) is 5.12. The molecule has 7 heteroatoms. The zero-order valence-corrected chi connectivity index (χ0v) is 19.7. The molecule has 0 saturated carbocycles. The van der Waals surface area contributed by atoms with Gasteiger partial charge >= 0.3 is 0 Å². The number of nitrogens with zero attached hydrogens (tertiary/aromatic N) is 5. The van der Waals surface area contributed by atoms with Gasteiger partial charge in [0.15, 0.2) is 11.7 Å². The Morgan fingerprint density at radius 1 is 1.00 bits per heavy atom. The van der Waals surface area contributed by atoms with Crippen LogP contribution in [0.2, 0.25) is 0 Å². The number of likely N-dealkylation sites (tertiary alicyclic amines) is 1. The van der Waals surface area contributed by atoms with E-state index >= 15 is 0 Å². The first kappa shape index (κ1) is 21.6. The van der Waals surface area contributed by atoms with Crippen LogP contribution in [0, 0.1) is 20.8 Å². The number of hydrogen-bond acceptors (Lipinski definition) is 6. The van der Waals surface area contributed by atoms with Crippen LogP contribution in [0.3, 0.4) is 0 Å². The molecule has 1 saturated heterocycles. The maximum Gasteiger partial charge on any atom is 0.292 e. The SMILES string of the molecule is Cc1nc(C)c(C(=O)N2CCCC[C@H]2c2nc(C)c3c(n2)N(Cc2ccccc2)CCC3)o1. The summed E-state index contributed by atoms with van der Waals surface area (Å²) in [4.78, 5) is 32.0. The lowest BCUT2D eigenvalue weighted by Crippen LogP contribution is -2.40. The Hall–Kier alpha value is -3.22. The van der Waals surface area contributed by atoms with Crippen LogP contribution in [-0.4, -0.2) is 38.8 Å². The van der Waals surface area contributed by atoms with Crippen LogP contribution < -0.4 is 4.90 Å². The standard InChI is InChI=1S/C26H31N5O2/c1-17-21-12-9-14-30(16-20-10-5-4-6-11-20)25(21)29-24(28-17)22-13-7-8-15-31(22)26(32)23-18(2)27-19(3)33-23/h4-6,10-11,22H,7-9,12-16H2,1-3H3/t22-/m0/s1. The predicted molar refractivity (Wildman–Crippen MR) is 126 cm³/mol. The molecule has 2 aliphatic rings. The van der Waals surface area contributed by atoms with Gasteiger partial charge in [-0.2, -0.15) is 0 Å². The number of fused-ring (bicyclic) bond motifs is 1. The van der Waals surface area contributed by atoms with E-state index in [4.69, 9.17) is 14.4 Å². The fraction of sp³-hybridized carbons (Fsp3) is 0.462. The summed E-state index contributed by atoms with van der Waals surface area (Å²) in [5.74, 6) is 2.50. The highest BCUT2D eigenvalue weighted by atomic mass is 16.4. The van der Waals surface area contributed by atoms with E-state index in [0.717, 1.165) is 62.5 Å². The van der Waals surface area contributed by atoms with Crippen LogP contribution in [0.25, 0.3) is 0 Å². The molecule has 0 radical (unpaired) electrons. The molecule has 3 aromatic rings. The second kappa shape index (κ2) is 8.96. The van der Waals surface area contributed by atoms with Crippen molar-refractivity contribution >= 4 is 11.7 Å². The highest BCUT2D eigenvalue weighted by Crippen LogP contribution is 2.35. The molecule has 0 aliphatic carbocycles. The molecule has 0 bridgehead atoms. The maximum absolute atomic E-state index is 13.4. The lowest BCUT2D eigenvalue weighted by Gasteiger charge is -2.36. The van der Waals surface area contributed by atoms with E-state index in [0.29, 0.717) is 23.9 Å². The molecule has 2 aromatic heterocycles. The molecule has 4 heterocycles. The van der Waals surface area contributed by atoms with E-state index in [2.05, 4.69) is 41.1 Å². The van der Waals surface area contributed by atoms with Crippen LogP contribution in [0.15, 0.2) is 34.7 Å². The predicted octanol–water partition coefficient (Wildman–Crippen LogP) is 4.71. The first-order valence-electron chi connectivity index (χ1n) is 11.9. The van der Waals surface area contributed by atoms with Crippen molar-refractivity contribution in [3.63, 3.8) is 0 Å². The Balaban J connectivity index is 1.49. The van der Waals surface area contributed by atoms with Crippen LogP contribution in [0.4, 0.5) is 5.82 Å². The van der Waals surface area contributed by atoms with Gasteiger partial charge < -0.3 is 14.2 Å². The van der Waals surface area contributed by atoms with E-state index < -0.39 is 0 Å². The monoisotopic (exact) mass is 445 g/mol. The second-order valence-electron chi connectivity index (χ2n) is 9.14. The van der Waals surface area contributed by atoms with Crippen molar-refractivity contribution in [2.75, 3.05) is 18.0 Å². The number of rotatable bonds is 4. The first-order chi connectivity index (χ1) is 16.0. The minimum Gasteiger partial charge on any atom is -0.436 e. The Labute approximate surface area is 194 Å². The third-order valence-electron chi connectivity index (χ3n) is 6.74. The summed E-state index contributed by atoms with van der Waals surface area (Å²) < 4.78 is 5.66. The Morgan fingerprint density at radius 3 is 2.58 bits per heavy atom. The molecular formula is C26H31N5O2. The molecule has 2 aliphatic heterocycles. The number of oxazole rings is 1. The molecule has 172 valence electrons. The van der Waals surface area contributed by atoms with Gasteiger partial charge in [-0.05, 0) is 51.5 Å². The molecule has 5 rings (SSSR count). The van der Waals surface area contributed by atoms with Gasteiger partial charge in [0.1, 0.15) is 5.82 Å². The molecule has 1 aromatic carbocycles. The summed E-state index contributed by atoms with van der Waals surface area (Å²) in [6, 6.07) is 10.4. The van der Waals surface area contributed by atoms with Gasteiger partial charge in [-0.1, -0.05) is 30.3 Å². The number of aryl methyl sites for hydroxylation is 3. The van der Waals surface area contributed by atoms with E-state index in [9.17, 15) is 4.79 Å². The summed E-state index contributed by atoms with van der Waals surface area (Å²) in [5, 5.41) is 0. The van der Waals surface area contributed by atoms with Crippen molar-refractivity contribution in [1.29, 1.82) is 0 Å². The van der Waals surface area contributed by atoms with Gasteiger partial charge in [0.25, 0.3) is 5.91 Å². The van der Waals surface area contributed by atoms with Crippen molar-refractivity contribution in [1.82, 2.24) is 19.9 Å². The first-order valence-corrected chi connectivity index (χ1v) is 11.9. The fourth-order valence-corrected chi connectivity index (χ4v) is 5.12. The largest absolute Gasteiger partial charge is 0.436 e. The lowest BCUT2D eigenvalue weighted by molar-refractivity contribution is 0.0564. The highest BCUT2D eigenvalue weighted by molar-refractivity contribution is 5.92. The summed E-state index contributed by atoms with van der Waals surface area (Å²) in [5.41, 5.74) is 4.17.